The quantitative estimate of drug-likeness (QED) is 0.509. The lowest BCUT2D eigenvalue weighted by Gasteiger charge is -2.03. The predicted molar refractivity (Wildman–Crippen MR) is 68.6 cm³/mol. The van der Waals surface area contributed by atoms with Gasteiger partial charge in [0.2, 0.25) is 10.0 Å². The number of aryl methyl sites for hydroxylation is 1. The van der Waals surface area contributed by atoms with E-state index in [0.717, 1.165) is 5.82 Å². The average Bonchev–Trinajstić information content (AvgIpc) is 3.05. The van der Waals surface area contributed by atoms with Crippen LogP contribution in [0, 0.1) is 0 Å². The highest BCUT2D eigenvalue weighted by Gasteiger charge is 2.14. The van der Waals surface area contributed by atoms with Crippen LogP contribution >= 0.6 is 0 Å². The van der Waals surface area contributed by atoms with E-state index in [-0.39, 0.29) is 11.4 Å². The van der Waals surface area contributed by atoms with Gasteiger partial charge in [0.05, 0.1) is 4.90 Å². The summed E-state index contributed by atoms with van der Waals surface area (Å²) in [5, 5.41) is 6.44. The smallest absolute Gasteiger partial charge is 0.242 e. The van der Waals surface area contributed by atoms with Gasteiger partial charge in [0, 0.05) is 31.4 Å². The van der Waals surface area contributed by atoms with Crippen LogP contribution in [0.15, 0.2) is 23.5 Å². The highest BCUT2D eigenvalue weighted by molar-refractivity contribution is 7.89. The Balaban J connectivity index is 1.84. The molecule has 0 aromatic carbocycles. The second kappa shape index (κ2) is 5.95. The Bertz CT molecular complexity index is 604. The molecule has 0 amide bonds. The van der Waals surface area contributed by atoms with Crippen molar-refractivity contribution in [3.8, 4) is 0 Å². The lowest BCUT2D eigenvalue weighted by atomic mass is 10.3. The number of H-pyrrole nitrogens is 2. The number of nitrogens with two attached hydrogens (primary N) is 1. The molecule has 9 heteroatoms. The molecular weight excluding hydrogens is 268 g/mol. The van der Waals surface area contributed by atoms with Crippen LogP contribution in [0.3, 0.4) is 0 Å². The molecule has 0 fully saturated rings. The number of aromatic nitrogens is 4. The maximum atomic E-state index is 11.9. The van der Waals surface area contributed by atoms with Crippen LogP contribution in [0.1, 0.15) is 17.9 Å². The van der Waals surface area contributed by atoms with Crippen molar-refractivity contribution in [1.82, 2.24) is 24.9 Å². The number of rotatable bonds is 7. The zero-order valence-electron chi connectivity index (χ0n) is 10.3. The Morgan fingerprint density at radius 3 is 2.89 bits per heavy atom. The molecule has 0 aliphatic carbocycles. The molecule has 19 heavy (non-hydrogen) atoms. The zero-order valence-corrected chi connectivity index (χ0v) is 11.1. The first-order chi connectivity index (χ1) is 9.12. The molecule has 0 aliphatic rings. The molecule has 2 heterocycles. The van der Waals surface area contributed by atoms with E-state index in [1.807, 2.05) is 0 Å². The third-order valence-electron chi connectivity index (χ3n) is 2.59. The third-order valence-corrected chi connectivity index (χ3v) is 4.03. The van der Waals surface area contributed by atoms with E-state index in [0.29, 0.717) is 25.1 Å². The summed E-state index contributed by atoms with van der Waals surface area (Å²) >= 11 is 0. The maximum Gasteiger partial charge on any atom is 0.242 e. The van der Waals surface area contributed by atoms with Crippen molar-refractivity contribution < 1.29 is 8.42 Å². The molecular formula is C10H16N6O2S. The summed E-state index contributed by atoms with van der Waals surface area (Å²) in [4.78, 5) is 6.97. The summed E-state index contributed by atoms with van der Waals surface area (Å²) in [6.45, 7) is 0.618. The molecule has 2 aromatic rings. The van der Waals surface area contributed by atoms with Gasteiger partial charge in [0.1, 0.15) is 12.2 Å². The first kappa shape index (κ1) is 13.7. The number of hydrogen-bond donors (Lipinski definition) is 4. The number of sulfonamides is 1. The molecule has 0 atom stereocenters. The van der Waals surface area contributed by atoms with Crippen LogP contribution in [0.2, 0.25) is 0 Å². The summed E-state index contributed by atoms with van der Waals surface area (Å²) in [5.74, 6) is 0.742. The van der Waals surface area contributed by atoms with E-state index in [9.17, 15) is 8.42 Å². The third kappa shape index (κ3) is 3.63. The van der Waals surface area contributed by atoms with Crippen LogP contribution in [0.25, 0.3) is 0 Å². The highest BCUT2D eigenvalue weighted by atomic mass is 32.2. The van der Waals surface area contributed by atoms with Gasteiger partial charge < -0.3 is 10.7 Å². The summed E-state index contributed by atoms with van der Waals surface area (Å²) in [5.41, 5.74) is 6.10. The van der Waals surface area contributed by atoms with Gasteiger partial charge in [-0.05, 0) is 12.5 Å². The molecule has 8 nitrogen and oxygen atoms in total. The molecule has 0 saturated carbocycles. The summed E-state index contributed by atoms with van der Waals surface area (Å²) in [6.07, 6.45) is 4.14. The van der Waals surface area contributed by atoms with Crippen LogP contribution in [-0.4, -0.2) is 35.1 Å². The molecule has 5 N–H and O–H groups in total. The van der Waals surface area contributed by atoms with E-state index in [4.69, 9.17) is 5.73 Å². The Hall–Kier alpha value is -1.71. The zero-order chi connectivity index (χ0) is 13.7. The largest absolute Gasteiger partial charge is 0.363 e. The Labute approximate surface area is 110 Å². The second-order valence-corrected chi connectivity index (χ2v) is 5.77. The molecule has 0 aliphatic heterocycles. The van der Waals surface area contributed by atoms with Crippen molar-refractivity contribution >= 4 is 10.0 Å². The van der Waals surface area contributed by atoms with Gasteiger partial charge in [0.25, 0.3) is 0 Å². The lowest BCUT2D eigenvalue weighted by molar-refractivity contribution is 0.578. The van der Waals surface area contributed by atoms with Gasteiger partial charge in [-0.1, -0.05) is 0 Å². The van der Waals surface area contributed by atoms with Crippen molar-refractivity contribution in [2.75, 3.05) is 6.54 Å². The lowest BCUT2D eigenvalue weighted by Crippen LogP contribution is -2.24. The molecule has 2 aromatic heterocycles. The van der Waals surface area contributed by atoms with E-state index in [1.165, 1.54) is 18.6 Å². The van der Waals surface area contributed by atoms with Crippen molar-refractivity contribution in [3.05, 3.63) is 30.1 Å². The van der Waals surface area contributed by atoms with Gasteiger partial charge in [-0.25, -0.2) is 18.1 Å². The Morgan fingerprint density at radius 1 is 1.42 bits per heavy atom. The number of hydrogen-bond acceptors (Lipinski definition) is 5. The number of nitrogens with zero attached hydrogens (tertiary/aromatic N) is 2. The first-order valence-corrected chi connectivity index (χ1v) is 7.31. The van der Waals surface area contributed by atoms with E-state index in [1.54, 1.807) is 0 Å². The van der Waals surface area contributed by atoms with Crippen LogP contribution in [-0.2, 0) is 23.0 Å². The Kier molecular flexibility index (Phi) is 4.30. The van der Waals surface area contributed by atoms with Gasteiger partial charge >= 0.3 is 0 Å². The molecule has 0 radical (unpaired) electrons. The van der Waals surface area contributed by atoms with E-state index in [2.05, 4.69) is 24.9 Å². The van der Waals surface area contributed by atoms with Crippen LogP contribution in [0.4, 0.5) is 0 Å². The molecule has 104 valence electrons. The van der Waals surface area contributed by atoms with Crippen molar-refractivity contribution in [1.29, 1.82) is 0 Å². The normalized spacial score (nSPS) is 11.8. The van der Waals surface area contributed by atoms with Gasteiger partial charge in [-0.2, -0.15) is 5.10 Å². The minimum atomic E-state index is -3.47. The topological polar surface area (TPSA) is 130 Å². The second-order valence-electron chi connectivity index (χ2n) is 4.00. The van der Waals surface area contributed by atoms with E-state index < -0.39 is 10.0 Å². The fourth-order valence-electron chi connectivity index (χ4n) is 1.59. The van der Waals surface area contributed by atoms with Gasteiger partial charge in [-0.3, -0.25) is 5.10 Å². The fourth-order valence-corrected chi connectivity index (χ4v) is 2.68. The first-order valence-electron chi connectivity index (χ1n) is 5.83. The Morgan fingerprint density at radius 2 is 2.26 bits per heavy atom. The number of nitrogens with one attached hydrogen (secondary N) is 3. The SMILES string of the molecule is NCc1cc(S(=O)(=O)NCCCc2ncn[nH]2)c[nH]1. The van der Waals surface area contributed by atoms with Crippen molar-refractivity contribution in [2.45, 2.75) is 24.3 Å². The molecule has 0 saturated heterocycles. The highest BCUT2D eigenvalue weighted by Crippen LogP contribution is 2.10. The molecule has 2 rings (SSSR count). The maximum absolute atomic E-state index is 11.9. The molecule has 0 bridgehead atoms. The molecule has 0 unspecified atom stereocenters. The van der Waals surface area contributed by atoms with Crippen molar-refractivity contribution in [3.63, 3.8) is 0 Å². The van der Waals surface area contributed by atoms with Gasteiger partial charge in [-0.15, -0.1) is 0 Å². The van der Waals surface area contributed by atoms with Crippen LogP contribution < -0.4 is 10.5 Å². The summed E-state index contributed by atoms with van der Waals surface area (Å²) < 4.78 is 26.4. The van der Waals surface area contributed by atoms with Crippen molar-refractivity contribution in [2.24, 2.45) is 5.73 Å². The summed E-state index contributed by atoms with van der Waals surface area (Å²) in [7, 11) is -3.47. The molecule has 0 spiro atoms. The monoisotopic (exact) mass is 284 g/mol. The minimum absolute atomic E-state index is 0.201. The average molecular weight is 284 g/mol. The van der Waals surface area contributed by atoms with Crippen LogP contribution in [0.5, 0.6) is 0 Å². The predicted octanol–water partition coefficient (Wildman–Crippen LogP) is -0.497. The number of aromatic amines is 2. The standard InChI is InChI=1S/C10H16N6O2S/c11-5-8-4-9(6-12-8)19(17,18)15-3-1-2-10-13-7-14-16-10/h4,6-7,12,15H,1-3,5,11H2,(H,13,14,16). The minimum Gasteiger partial charge on any atom is -0.363 e. The fraction of sp³-hybridized carbons (Fsp3) is 0.400. The summed E-state index contributed by atoms with van der Waals surface area (Å²) in [6, 6.07) is 1.53. The van der Waals surface area contributed by atoms with E-state index >= 15 is 0 Å². The van der Waals surface area contributed by atoms with Gasteiger partial charge in [0.15, 0.2) is 0 Å².